The van der Waals surface area contributed by atoms with Crippen LogP contribution in [0.25, 0.3) is 55.0 Å². The number of carbonyl (C=O) groups is 1. The fourth-order valence-corrected chi connectivity index (χ4v) is 4.78. The van der Waals surface area contributed by atoms with E-state index in [0.29, 0.717) is 0 Å². The van der Waals surface area contributed by atoms with Gasteiger partial charge >= 0.3 is 0 Å². The molecule has 6 aromatic rings. The SMILES string of the molecule is CC(=O)c1ccc(-c2ccnc3[nH]c(-c4n[nH]c5cnc(-c6ccncc6)cc45)cc23)s1. The number of hydrogen-bond acceptors (Lipinski definition) is 6. The first-order valence-electron chi connectivity index (χ1n) is 10.0. The van der Waals surface area contributed by atoms with Gasteiger partial charge in [0.2, 0.25) is 0 Å². The highest BCUT2D eigenvalue weighted by molar-refractivity contribution is 7.17. The second-order valence-corrected chi connectivity index (χ2v) is 8.53. The number of aromatic amines is 2. The predicted octanol–water partition coefficient (Wildman–Crippen LogP) is 5.49. The van der Waals surface area contributed by atoms with Gasteiger partial charge in [0.05, 0.1) is 28.0 Å². The molecule has 0 aliphatic heterocycles. The highest BCUT2D eigenvalue weighted by atomic mass is 32.1. The van der Waals surface area contributed by atoms with Crippen LogP contribution in [0.3, 0.4) is 0 Å². The molecule has 0 atom stereocenters. The zero-order valence-corrected chi connectivity index (χ0v) is 17.8. The highest BCUT2D eigenvalue weighted by Crippen LogP contribution is 2.36. The number of rotatable bonds is 4. The van der Waals surface area contributed by atoms with Crippen molar-refractivity contribution in [1.82, 2.24) is 30.1 Å². The summed E-state index contributed by atoms with van der Waals surface area (Å²) in [6.45, 7) is 1.59. The minimum atomic E-state index is 0.0721. The molecule has 7 nitrogen and oxygen atoms in total. The lowest BCUT2D eigenvalue weighted by molar-refractivity contribution is 0.102. The van der Waals surface area contributed by atoms with Crippen LogP contribution in [0.2, 0.25) is 0 Å². The second-order valence-electron chi connectivity index (χ2n) is 7.45. The number of aromatic nitrogens is 6. The van der Waals surface area contributed by atoms with Crippen LogP contribution in [0.1, 0.15) is 16.6 Å². The van der Waals surface area contributed by atoms with Crippen molar-refractivity contribution in [2.45, 2.75) is 6.92 Å². The molecule has 6 rings (SSSR count). The number of carbonyl (C=O) groups excluding carboxylic acids is 1. The minimum Gasteiger partial charge on any atom is -0.338 e. The van der Waals surface area contributed by atoms with E-state index in [1.807, 2.05) is 36.4 Å². The van der Waals surface area contributed by atoms with Crippen LogP contribution in [0.15, 0.2) is 67.3 Å². The molecular formula is C24H16N6OS. The maximum absolute atomic E-state index is 11.7. The van der Waals surface area contributed by atoms with Gasteiger partial charge < -0.3 is 4.98 Å². The summed E-state index contributed by atoms with van der Waals surface area (Å²) in [6, 6.07) is 13.8. The highest BCUT2D eigenvalue weighted by Gasteiger charge is 2.16. The van der Waals surface area contributed by atoms with Crippen molar-refractivity contribution in [3.05, 3.63) is 72.1 Å². The molecule has 0 saturated heterocycles. The summed E-state index contributed by atoms with van der Waals surface area (Å²) < 4.78 is 0. The van der Waals surface area contributed by atoms with Crippen LogP contribution >= 0.6 is 11.3 Å². The van der Waals surface area contributed by atoms with Crippen LogP contribution in [0.4, 0.5) is 0 Å². The Hall–Kier alpha value is -4.17. The molecule has 0 amide bonds. The molecule has 8 heteroatoms. The topological polar surface area (TPSA) is 100 Å². The first kappa shape index (κ1) is 18.6. The fourth-order valence-electron chi connectivity index (χ4n) is 3.84. The molecule has 0 bridgehead atoms. The van der Waals surface area contributed by atoms with Crippen LogP contribution in [0.5, 0.6) is 0 Å². The summed E-state index contributed by atoms with van der Waals surface area (Å²) in [6.07, 6.45) is 7.08. The molecular weight excluding hydrogens is 420 g/mol. The fraction of sp³-hybridized carbons (Fsp3) is 0.0417. The van der Waals surface area contributed by atoms with Gasteiger partial charge in [-0.15, -0.1) is 11.3 Å². The monoisotopic (exact) mass is 436 g/mol. The van der Waals surface area contributed by atoms with Gasteiger partial charge in [0.1, 0.15) is 11.3 Å². The molecule has 0 aliphatic carbocycles. The first-order chi connectivity index (χ1) is 15.7. The Morgan fingerprint density at radius 3 is 2.66 bits per heavy atom. The Bertz CT molecular complexity index is 1610. The van der Waals surface area contributed by atoms with Crippen molar-refractivity contribution in [3.8, 4) is 33.1 Å². The largest absolute Gasteiger partial charge is 0.338 e. The maximum Gasteiger partial charge on any atom is 0.169 e. The van der Waals surface area contributed by atoms with Gasteiger partial charge in [0.15, 0.2) is 5.78 Å². The van der Waals surface area contributed by atoms with E-state index in [4.69, 9.17) is 0 Å². The number of nitrogens with zero attached hydrogens (tertiary/aromatic N) is 4. The lowest BCUT2D eigenvalue weighted by Gasteiger charge is -2.00. The summed E-state index contributed by atoms with van der Waals surface area (Å²) in [7, 11) is 0. The molecule has 0 saturated carbocycles. The smallest absolute Gasteiger partial charge is 0.169 e. The van der Waals surface area contributed by atoms with E-state index in [0.717, 1.165) is 59.9 Å². The third-order valence-corrected chi connectivity index (χ3v) is 6.65. The third-order valence-electron chi connectivity index (χ3n) is 5.43. The number of hydrogen-bond donors (Lipinski definition) is 2. The maximum atomic E-state index is 11.7. The van der Waals surface area contributed by atoms with Gasteiger partial charge in [-0.2, -0.15) is 5.10 Å². The summed E-state index contributed by atoms with van der Waals surface area (Å²) >= 11 is 1.49. The van der Waals surface area contributed by atoms with Crippen molar-refractivity contribution >= 4 is 39.1 Å². The average molecular weight is 437 g/mol. The Morgan fingerprint density at radius 2 is 1.84 bits per heavy atom. The number of Topliss-reactive ketones (excluding diaryl/α,β-unsaturated/α-hetero) is 1. The van der Waals surface area contributed by atoms with Gasteiger partial charge in [-0.25, -0.2) is 4.98 Å². The Morgan fingerprint density at radius 1 is 0.969 bits per heavy atom. The summed E-state index contributed by atoms with van der Waals surface area (Å²) in [4.78, 5) is 30.1. The van der Waals surface area contributed by atoms with E-state index in [2.05, 4.69) is 36.2 Å². The van der Waals surface area contributed by atoms with Gasteiger partial charge in [0.25, 0.3) is 0 Å². The first-order valence-corrected chi connectivity index (χ1v) is 10.8. The molecule has 0 unspecified atom stereocenters. The summed E-state index contributed by atoms with van der Waals surface area (Å²) in [5.74, 6) is 0.0721. The van der Waals surface area contributed by atoms with Crippen LogP contribution in [-0.2, 0) is 0 Å². The summed E-state index contributed by atoms with van der Waals surface area (Å²) in [5.41, 5.74) is 6.18. The molecule has 6 aromatic heterocycles. The van der Waals surface area contributed by atoms with E-state index >= 15 is 0 Å². The zero-order chi connectivity index (χ0) is 21.7. The standard InChI is InChI=1S/C24H16N6OS/c1-13(31)21-2-3-22(32-21)15-6-9-26-24-16(15)10-19(28-24)23-17-11-18(14-4-7-25-8-5-14)27-12-20(17)29-30-23/h2-12H,1H3,(H,26,28)(H,29,30). The zero-order valence-electron chi connectivity index (χ0n) is 17.0. The molecule has 32 heavy (non-hydrogen) atoms. The van der Waals surface area contributed by atoms with Gasteiger partial charge in [-0.1, -0.05) is 0 Å². The van der Waals surface area contributed by atoms with Crippen LogP contribution in [-0.4, -0.2) is 35.9 Å². The molecule has 0 aliphatic rings. The number of pyridine rings is 3. The Balaban J connectivity index is 1.49. The van der Waals surface area contributed by atoms with Crippen molar-refractivity contribution in [3.63, 3.8) is 0 Å². The van der Waals surface area contributed by atoms with Gasteiger partial charge in [-0.3, -0.25) is 19.9 Å². The normalized spacial score (nSPS) is 11.4. The molecule has 0 spiro atoms. The Labute approximate surface area is 186 Å². The predicted molar refractivity (Wildman–Crippen MR) is 126 cm³/mol. The quantitative estimate of drug-likeness (QED) is 0.356. The lowest BCUT2D eigenvalue weighted by Crippen LogP contribution is -1.84. The van der Waals surface area contributed by atoms with E-state index in [1.165, 1.54) is 11.3 Å². The molecule has 0 aromatic carbocycles. The van der Waals surface area contributed by atoms with E-state index in [1.54, 1.807) is 31.7 Å². The number of nitrogens with one attached hydrogen (secondary N) is 2. The van der Waals surface area contributed by atoms with E-state index in [-0.39, 0.29) is 5.78 Å². The van der Waals surface area contributed by atoms with Crippen LogP contribution < -0.4 is 0 Å². The molecule has 154 valence electrons. The second kappa shape index (κ2) is 7.21. The molecule has 0 radical (unpaired) electrons. The average Bonchev–Trinajstić information content (AvgIpc) is 3.56. The minimum absolute atomic E-state index is 0.0721. The van der Waals surface area contributed by atoms with Crippen molar-refractivity contribution in [2.24, 2.45) is 0 Å². The third kappa shape index (κ3) is 3.00. The molecule has 2 N–H and O–H groups in total. The van der Waals surface area contributed by atoms with E-state index in [9.17, 15) is 4.79 Å². The van der Waals surface area contributed by atoms with Crippen molar-refractivity contribution in [2.75, 3.05) is 0 Å². The van der Waals surface area contributed by atoms with Gasteiger partial charge in [0, 0.05) is 45.4 Å². The molecule has 0 fully saturated rings. The van der Waals surface area contributed by atoms with Crippen LogP contribution in [0, 0.1) is 0 Å². The number of fused-ring (bicyclic) bond motifs is 2. The number of H-pyrrole nitrogens is 2. The van der Waals surface area contributed by atoms with E-state index < -0.39 is 0 Å². The summed E-state index contributed by atoms with van der Waals surface area (Å²) in [5, 5.41) is 9.57. The number of ketones is 1. The Kier molecular flexibility index (Phi) is 4.19. The number of thiophene rings is 1. The molecule has 6 heterocycles. The van der Waals surface area contributed by atoms with Gasteiger partial charge in [-0.05, 0) is 49.4 Å². The van der Waals surface area contributed by atoms with Crippen molar-refractivity contribution < 1.29 is 4.79 Å². The lowest BCUT2D eigenvalue weighted by atomic mass is 10.1. The van der Waals surface area contributed by atoms with Crippen molar-refractivity contribution in [1.29, 1.82) is 0 Å².